The molecule has 26 heavy (non-hydrogen) atoms. The normalized spacial score (nSPS) is 29.6. The number of halogens is 1. The van der Waals surface area contributed by atoms with Crippen LogP contribution in [0, 0.1) is 11.8 Å². The third kappa shape index (κ3) is 4.13. The topological polar surface area (TPSA) is 72.9 Å². The summed E-state index contributed by atoms with van der Waals surface area (Å²) in [5, 5.41) is 13.1. The van der Waals surface area contributed by atoms with Crippen molar-refractivity contribution in [2.45, 2.75) is 31.8 Å². The van der Waals surface area contributed by atoms with Gasteiger partial charge in [0.05, 0.1) is 18.0 Å². The van der Waals surface area contributed by atoms with Gasteiger partial charge in [0, 0.05) is 24.7 Å². The Morgan fingerprint density at radius 2 is 1.92 bits per heavy atom. The van der Waals surface area contributed by atoms with Gasteiger partial charge in [-0.3, -0.25) is 9.69 Å². The second kappa shape index (κ2) is 7.84. The summed E-state index contributed by atoms with van der Waals surface area (Å²) < 4.78 is 0. The molecule has 2 heterocycles. The van der Waals surface area contributed by atoms with Gasteiger partial charge in [0.15, 0.2) is 0 Å². The maximum Gasteiger partial charge on any atom is 0.317 e. The van der Waals surface area contributed by atoms with Crippen LogP contribution in [0.3, 0.4) is 0 Å². The Morgan fingerprint density at radius 1 is 1.23 bits per heavy atom. The molecule has 142 valence electrons. The number of rotatable bonds is 3. The maximum atomic E-state index is 12.8. The lowest BCUT2D eigenvalue weighted by atomic mass is 9.90. The third-order valence-corrected chi connectivity index (χ3v) is 5.72. The molecule has 7 heteroatoms. The van der Waals surface area contributed by atoms with Crippen LogP contribution < -0.4 is 5.32 Å². The fourth-order valence-electron chi connectivity index (χ4n) is 4.19. The van der Waals surface area contributed by atoms with E-state index in [-0.39, 0.29) is 30.6 Å². The number of hydrogen-bond donors (Lipinski definition) is 2. The van der Waals surface area contributed by atoms with Gasteiger partial charge in [-0.1, -0.05) is 30.7 Å². The summed E-state index contributed by atoms with van der Waals surface area (Å²) in [5.41, 5.74) is 1.12. The van der Waals surface area contributed by atoms with E-state index in [0.717, 1.165) is 18.5 Å². The average Bonchev–Trinajstić information content (AvgIpc) is 2.95. The number of nitrogens with one attached hydrogen (secondary N) is 1. The lowest BCUT2D eigenvalue weighted by Crippen LogP contribution is -2.52. The Hall–Kier alpha value is -1.79. The van der Waals surface area contributed by atoms with Crippen LogP contribution in [0.2, 0.25) is 5.02 Å². The lowest BCUT2D eigenvalue weighted by molar-refractivity contribution is -0.143. The van der Waals surface area contributed by atoms with Gasteiger partial charge in [-0.15, -0.1) is 0 Å². The van der Waals surface area contributed by atoms with E-state index < -0.39 is 11.9 Å². The van der Waals surface area contributed by atoms with Crippen LogP contribution in [0.4, 0.5) is 4.79 Å². The summed E-state index contributed by atoms with van der Waals surface area (Å²) in [6, 6.07) is 7.65. The Labute approximate surface area is 159 Å². The first-order chi connectivity index (χ1) is 12.3. The number of likely N-dealkylation sites (tertiary alicyclic amines) is 2. The van der Waals surface area contributed by atoms with E-state index in [0.29, 0.717) is 18.0 Å². The molecular formula is C19H26ClN3O3. The van der Waals surface area contributed by atoms with Gasteiger partial charge in [-0.2, -0.15) is 0 Å². The number of urea groups is 1. The Kier molecular flexibility index (Phi) is 5.73. The zero-order chi connectivity index (χ0) is 18.8. The van der Waals surface area contributed by atoms with E-state index in [2.05, 4.69) is 17.3 Å². The van der Waals surface area contributed by atoms with Crippen molar-refractivity contribution in [3.8, 4) is 0 Å². The molecule has 2 aliphatic rings. The number of nitrogens with zero attached hydrogens (tertiary/aromatic N) is 2. The highest BCUT2D eigenvalue weighted by atomic mass is 35.5. The summed E-state index contributed by atoms with van der Waals surface area (Å²) in [6.45, 7) is 3.77. The lowest BCUT2D eigenvalue weighted by Gasteiger charge is -2.36. The first-order valence-electron chi connectivity index (χ1n) is 9.09. The molecule has 4 atom stereocenters. The van der Waals surface area contributed by atoms with Crippen molar-refractivity contribution in [3.05, 3.63) is 34.9 Å². The molecule has 0 spiro atoms. The van der Waals surface area contributed by atoms with E-state index in [9.17, 15) is 14.7 Å². The summed E-state index contributed by atoms with van der Waals surface area (Å²) in [5.74, 6) is -1.12. The van der Waals surface area contributed by atoms with Crippen LogP contribution in [-0.4, -0.2) is 59.6 Å². The second-order valence-corrected chi connectivity index (χ2v) is 8.04. The molecule has 0 bridgehead atoms. The van der Waals surface area contributed by atoms with Crippen LogP contribution in [-0.2, 0) is 4.79 Å². The van der Waals surface area contributed by atoms with E-state index in [1.54, 1.807) is 4.90 Å². The second-order valence-electron chi connectivity index (χ2n) is 7.60. The highest BCUT2D eigenvalue weighted by Crippen LogP contribution is 2.32. The quantitative estimate of drug-likeness (QED) is 0.847. The number of amides is 2. The van der Waals surface area contributed by atoms with Gasteiger partial charge in [-0.05, 0) is 43.5 Å². The number of piperidine rings is 1. The predicted molar refractivity (Wildman–Crippen MR) is 100 cm³/mol. The number of likely N-dealkylation sites (N-methyl/N-ethyl adjacent to an activating group) is 1. The molecule has 2 amide bonds. The van der Waals surface area contributed by atoms with Crippen molar-refractivity contribution in [1.82, 2.24) is 15.1 Å². The van der Waals surface area contributed by atoms with Gasteiger partial charge >= 0.3 is 12.0 Å². The number of carbonyl (C=O) groups excluding carboxylic acids is 1. The van der Waals surface area contributed by atoms with Crippen LogP contribution in [0.5, 0.6) is 0 Å². The van der Waals surface area contributed by atoms with Crippen molar-refractivity contribution < 1.29 is 14.7 Å². The van der Waals surface area contributed by atoms with E-state index in [1.807, 2.05) is 31.2 Å². The minimum absolute atomic E-state index is 0.00538. The molecule has 0 radical (unpaired) electrons. The first kappa shape index (κ1) is 19.0. The average molecular weight is 380 g/mol. The van der Waals surface area contributed by atoms with Crippen molar-refractivity contribution in [1.29, 1.82) is 0 Å². The SMILES string of the molecule is CC1CC(C(=O)O)CN(C(=O)NC2CCN(C)C2c2ccc(Cl)cc2)C1. The zero-order valence-electron chi connectivity index (χ0n) is 15.2. The number of carboxylic acids is 1. The Bertz CT molecular complexity index is 666. The highest BCUT2D eigenvalue weighted by molar-refractivity contribution is 6.30. The zero-order valence-corrected chi connectivity index (χ0v) is 15.9. The molecule has 1 aromatic rings. The molecular weight excluding hydrogens is 354 g/mol. The van der Waals surface area contributed by atoms with Crippen molar-refractivity contribution in [2.75, 3.05) is 26.7 Å². The molecule has 0 aliphatic carbocycles. The van der Waals surface area contributed by atoms with E-state index in [1.165, 1.54) is 0 Å². The minimum Gasteiger partial charge on any atom is -0.481 e. The Morgan fingerprint density at radius 3 is 2.58 bits per heavy atom. The minimum atomic E-state index is -0.825. The molecule has 4 unspecified atom stereocenters. The number of benzene rings is 1. The molecule has 2 saturated heterocycles. The maximum absolute atomic E-state index is 12.8. The summed E-state index contributed by atoms with van der Waals surface area (Å²) in [6.07, 6.45) is 1.49. The number of hydrogen-bond acceptors (Lipinski definition) is 3. The fraction of sp³-hybridized carbons (Fsp3) is 0.579. The van der Waals surface area contributed by atoms with Crippen LogP contribution in [0.15, 0.2) is 24.3 Å². The summed E-state index contributed by atoms with van der Waals surface area (Å²) in [7, 11) is 2.05. The molecule has 3 rings (SSSR count). The largest absolute Gasteiger partial charge is 0.481 e. The molecule has 2 N–H and O–H groups in total. The number of aliphatic carboxylic acids is 1. The van der Waals surface area contributed by atoms with Crippen LogP contribution in [0.25, 0.3) is 0 Å². The molecule has 1 aromatic carbocycles. The highest BCUT2D eigenvalue weighted by Gasteiger charge is 2.37. The predicted octanol–water partition coefficient (Wildman–Crippen LogP) is 2.84. The first-order valence-corrected chi connectivity index (χ1v) is 9.47. The smallest absolute Gasteiger partial charge is 0.317 e. The number of carbonyl (C=O) groups is 2. The van der Waals surface area contributed by atoms with Crippen molar-refractivity contribution >= 4 is 23.6 Å². The fourth-order valence-corrected chi connectivity index (χ4v) is 4.32. The summed E-state index contributed by atoms with van der Waals surface area (Å²) >= 11 is 5.99. The van der Waals surface area contributed by atoms with Crippen LogP contribution in [0.1, 0.15) is 31.4 Å². The van der Waals surface area contributed by atoms with E-state index in [4.69, 9.17) is 11.6 Å². The molecule has 0 aromatic heterocycles. The van der Waals surface area contributed by atoms with Crippen molar-refractivity contribution in [3.63, 3.8) is 0 Å². The van der Waals surface area contributed by atoms with E-state index >= 15 is 0 Å². The van der Waals surface area contributed by atoms with Gasteiger partial charge in [0.1, 0.15) is 0 Å². The molecule has 2 fully saturated rings. The monoisotopic (exact) mass is 379 g/mol. The van der Waals surface area contributed by atoms with Gasteiger partial charge < -0.3 is 15.3 Å². The third-order valence-electron chi connectivity index (χ3n) is 5.47. The van der Waals surface area contributed by atoms with Crippen molar-refractivity contribution in [2.24, 2.45) is 11.8 Å². The molecule has 2 aliphatic heterocycles. The molecule has 0 saturated carbocycles. The summed E-state index contributed by atoms with van der Waals surface area (Å²) in [4.78, 5) is 28.0. The Balaban J connectivity index is 1.69. The number of carboxylic acid groups (broad SMARTS) is 1. The standard InChI is InChI=1S/C19H26ClN3O3/c1-12-9-14(18(24)25)11-23(10-12)19(26)21-16-7-8-22(2)17(16)13-3-5-15(20)6-4-13/h3-6,12,14,16-17H,7-11H2,1-2H3,(H,21,26)(H,24,25). The molecule has 6 nitrogen and oxygen atoms in total. The van der Waals surface area contributed by atoms with Crippen LogP contribution >= 0.6 is 11.6 Å². The van der Waals surface area contributed by atoms with Gasteiger partial charge in [0.2, 0.25) is 0 Å². The van der Waals surface area contributed by atoms with Gasteiger partial charge in [0.25, 0.3) is 0 Å². The van der Waals surface area contributed by atoms with Gasteiger partial charge in [-0.25, -0.2) is 4.79 Å².